The van der Waals surface area contributed by atoms with E-state index in [0.29, 0.717) is 6.07 Å². The number of rotatable bonds is 8. The average Bonchev–Trinajstić information content (AvgIpc) is 2.72. The van der Waals surface area contributed by atoms with Crippen molar-refractivity contribution in [1.29, 1.82) is 0 Å². The highest BCUT2D eigenvalue weighted by molar-refractivity contribution is 5.96. The molecule has 166 valence electrons. The Morgan fingerprint density at radius 3 is 2.23 bits per heavy atom. The van der Waals surface area contributed by atoms with Crippen LogP contribution in [0.4, 0.5) is 27.6 Å². The molecule has 0 aliphatic heterocycles. The molecule has 31 heavy (non-hydrogen) atoms. The highest BCUT2D eigenvalue weighted by Gasteiger charge is 2.20. The van der Waals surface area contributed by atoms with E-state index in [1.165, 1.54) is 6.92 Å². The second kappa shape index (κ2) is 10.4. The first-order chi connectivity index (χ1) is 14.6. The SMILES string of the molecule is C[C@H](OC(=O)c1ccc(OC(F)F)cc1)C(=O)NCC(=O)Nc1ccc(F)c(F)c1F. The van der Waals surface area contributed by atoms with E-state index in [0.717, 1.165) is 30.3 Å². The van der Waals surface area contributed by atoms with Crippen molar-refractivity contribution >= 4 is 23.5 Å². The number of amides is 2. The zero-order chi connectivity index (χ0) is 23.1. The van der Waals surface area contributed by atoms with Crippen molar-refractivity contribution in [3.63, 3.8) is 0 Å². The third-order valence-electron chi connectivity index (χ3n) is 3.70. The topological polar surface area (TPSA) is 93.7 Å². The van der Waals surface area contributed by atoms with Gasteiger partial charge in [0.25, 0.3) is 5.91 Å². The molecule has 0 aromatic heterocycles. The molecule has 2 rings (SSSR count). The van der Waals surface area contributed by atoms with Gasteiger partial charge < -0.3 is 20.1 Å². The van der Waals surface area contributed by atoms with Crippen LogP contribution in [-0.4, -0.2) is 37.0 Å². The van der Waals surface area contributed by atoms with Crippen molar-refractivity contribution in [1.82, 2.24) is 5.32 Å². The van der Waals surface area contributed by atoms with Gasteiger partial charge in [0.1, 0.15) is 5.75 Å². The highest BCUT2D eigenvalue weighted by atomic mass is 19.3. The van der Waals surface area contributed by atoms with Gasteiger partial charge in [-0.2, -0.15) is 8.78 Å². The summed E-state index contributed by atoms with van der Waals surface area (Å²) in [4.78, 5) is 35.7. The van der Waals surface area contributed by atoms with Gasteiger partial charge in [-0.3, -0.25) is 9.59 Å². The molecular weight excluding hydrogens is 431 g/mol. The summed E-state index contributed by atoms with van der Waals surface area (Å²) in [6.45, 7) is -2.51. The first-order valence-electron chi connectivity index (χ1n) is 8.55. The third kappa shape index (κ3) is 6.66. The van der Waals surface area contributed by atoms with Gasteiger partial charge >= 0.3 is 12.6 Å². The molecule has 0 unspecified atom stereocenters. The van der Waals surface area contributed by atoms with Crippen molar-refractivity contribution < 1.29 is 45.8 Å². The van der Waals surface area contributed by atoms with Crippen LogP contribution in [0.25, 0.3) is 0 Å². The van der Waals surface area contributed by atoms with E-state index in [2.05, 4.69) is 10.1 Å². The summed E-state index contributed by atoms with van der Waals surface area (Å²) in [6, 6.07) is 5.92. The normalized spacial score (nSPS) is 11.6. The zero-order valence-electron chi connectivity index (χ0n) is 15.8. The molecule has 0 spiro atoms. The van der Waals surface area contributed by atoms with Gasteiger partial charge in [-0.15, -0.1) is 0 Å². The lowest BCUT2D eigenvalue weighted by Crippen LogP contribution is -2.40. The zero-order valence-corrected chi connectivity index (χ0v) is 15.8. The fourth-order valence-corrected chi connectivity index (χ4v) is 2.18. The molecule has 1 atom stereocenters. The Bertz CT molecular complexity index is 969. The fraction of sp³-hybridized carbons (Fsp3) is 0.211. The molecule has 0 fully saturated rings. The maximum absolute atomic E-state index is 13.5. The molecule has 2 amide bonds. The van der Waals surface area contributed by atoms with Crippen molar-refractivity contribution in [2.24, 2.45) is 0 Å². The lowest BCUT2D eigenvalue weighted by molar-refractivity contribution is -0.130. The van der Waals surface area contributed by atoms with Crippen LogP contribution in [0.1, 0.15) is 17.3 Å². The number of carbonyl (C=O) groups excluding carboxylic acids is 3. The van der Waals surface area contributed by atoms with E-state index in [1.54, 1.807) is 0 Å². The summed E-state index contributed by atoms with van der Waals surface area (Å²) in [5, 5.41) is 4.06. The monoisotopic (exact) mass is 446 g/mol. The Hall–Kier alpha value is -3.70. The number of hydrogen-bond acceptors (Lipinski definition) is 5. The average molecular weight is 446 g/mol. The maximum atomic E-state index is 13.5. The van der Waals surface area contributed by atoms with Crippen molar-refractivity contribution in [2.75, 3.05) is 11.9 Å². The van der Waals surface area contributed by atoms with Gasteiger partial charge in [0.2, 0.25) is 5.91 Å². The van der Waals surface area contributed by atoms with Crippen molar-refractivity contribution in [2.45, 2.75) is 19.6 Å². The lowest BCUT2D eigenvalue weighted by Gasteiger charge is -2.14. The van der Waals surface area contributed by atoms with E-state index in [1.807, 2.05) is 5.32 Å². The van der Waals surface area contributed by atoms with Gasteiger partial charge in [0.15, 0.2) is 23.6 Å². The molecule has 0 saturated carbocycles. The van der Waals surface area contributed by atoms with Crippen LogP contribution in [0.2, 0.25) is 0 Å². The Kier molecular flexibility index (Phi) is 7.88. The van der Waals surface area contributed by atoms with Crippen molar-refractivity contribution in [3.8, 4) is 5.75 Å². The number of esters is 1. The van der Waals surface area contributed by atoms with Crippen LogP contribution >= 0.6 is 0 Å². The molecule has 0 aliphatic rings. The number of anilines is 1. The summed E-state index contributed by atoms with van der Waals surface area (Å²) in [6.07, 6.45) is -1.35. The number of ether oxygens (including phenoxy) is 2. The fourth-order valence-electron chi connectivity index (χ4n) is 2.18. The van der Waals surface area contributed by atoms with Crippen LogP contribution in [-0.2, 0) is 14.3 Å². The number of hydrogen-bond donors (Lipinski definition) is 2. The van der Waals surface area contributed by atoms with E-state index in [4.69, 9.17) is 4.74 Å². The first kappa shape index (κ1) is 23.6. The summed E-state index contributed by atoms with van der Waals surface area (Å²) in [5.41, 5.74) is -0.676. The van der Waals surface area contributed by atoms with Gasteiger partial charge in [-0.25, -0.2) is 18.0 Å². The predicted molar refractivity (Wildman–Crippen MR) is 95.9 cm³/mol. The van der Waals surface area contributed by atoms with E-state index >= 15 is 0 Å². The van der Waals surface area contributed by atoms with Crippen LogP contribution in [0, 0.1) is 17.5 Å². The van der Waals surface area contributed by atoms with Crippen LogP contribution in [0.15, 0.2) is 36.4 Å². The Labute approximate surface area is 172 Å². The number of alkyl halides is 2. The molecule has 0 heterocycles. The molecule has 0 saturated heterocycles. The smallest absolute Gasteiger partial charge is 0.387 e. The minimum atomic E-state index is -3.03. The van der Waals surface area contributed by atoms with Crippen LogP contribution < -0.4 is 15.4 Å². The van der Waals surface area contributed by atoms with Gasteiger partial charge in [-0.1, -0.05) is 0 Å². The van der Waals surface area contributed by atoms with Crippen LogP contribution in [0.5, 0.6) is 5.75 Å². The second-order valence-corrected chi connectivity index (χ2v) is 5.94. The molecule has 2 aromatic rings. The number of nitrogens with one attached hydrogen (secondary N) is 2. The Morgan fingerprint density at radius 1 is 0.968 bits per heavy atom. The standard InChI is InChI=1S/C19H15F5N2O5/c1-9(30-18(29)10-2-4-11(5-3-10)31-19(23)24)17(28)25-8-14(27)26-13-7-6-12(20)15(21)16(13)22/h2-7,9,19H,8H2,1H3,(H,25,28)(H,26,27)/t9-/m0/s1. The largest absolute Gasteiger partial charge is 0.449 e. The Morgan fingerprint density at radius 2 is 1.61 bits per heavy atom. The molecule has 12 heteroatoms. The molecule has 7 nitrogen and oxygen atoms in total. The molecule has 2 N–H and O–H groups in total. The number of halogens is 5. The summed E-state index contributed by atoms with van der Waals surface area (Å²) in [7, 11) is 0. The van der Waals surface area contributed by atoms with Crippen LogP contribution in [0.3, 0.4) is 0 Å². The summed E-state index contributed by atoms with van der Waals surface area (Å²) < 4.78 is 72.8. The van der Waals surface area contributed by atoms with Gasteiger partial charge in [-0.05, 0) is 43.3 Å². The summed E-state index contributed by atoms with van der Waals surface area (Å²) in [5.74, 6) is -7.77. The quantitative estimate of drug-likeness (QED) is 0.370. The lowest BCUT2D eigenvalue weighted by atomic mass is 10.2. The predicted octanol–water partition coefficient (Wildman–Crippen LogP) is 3.01. The third-order valence-corrected chi connectivity index (χ3v) is 3.70. The number of benzene rings is 2. The van der Waals surface area contributed by atoms with Gasteiger partial charge in [0.05, 0.1) is 17.8 Å². The summed E-state index contributed by atoms with van der Waals surface area (Å²) >= 11 is 0. The first-order valence-corrected chi connectivity index (χ1v) is 8.55. The van der Waals surface area contributed by atoms with Gasteiger partial charge in [0, 0.05) is 0 Å². The minimum Gasteiger partial charge on any atom is -0.449 e. The maximum Gasteiger partial charge on any atom is 0.387 e. The van der Waals surface area contributed by atoms with E-state index in [-0.39, 0.29) is 11.3 Å². The minimum absolute atomic E-state index is 0.0483. The molecule has 0 radical (unpaired) electrons. The van der Waals surface area contributed by atoms with Crippen molar-refractivity contribution in [3.05, 3.63) is 59.4 Å². The molecule has 2 aromatic carbocycles. The second-order valence-electron chi connectivity index (χ2n) is 5.94. The van der Waals surface area contributed by atoms with E-state index < -0.39 is 60.2 Å². The molecule has 0 bridgehead atoms. The molecular formula is C19H15F5N2O5. The molecule has 0 aliphatic carbocycles. The number of carbonyl (C=O) groups is 3. The highest BCUT2D eigenvalue weighted by Crippen LogP contribution is 2.19. The van der Waals surface area contributed by atoms with E-state index in [9.17, 15) is 36.3 Å². The Balaban J connectivity index is 1.84.